The van der Waals surface area contributed by atoms with Crippen molar-refractivity contribution in [1.82, 2.24) is 14.8 Å². The van der Waals surface area contributed by atoms with Crippen LogP contribution in [0.5, 0.6) is 11.5 Å². The summed E-state index contributed by atoms with van der Waals surface area (Å²) in [6.45, 7) is 3.76. The zero-order valence-corrected chi connectivity index (χ0v) is 19.8. The molecule has 0 spiro atoms. The first-order chi connectivity index (χ1) is 16.7. The molecule has 35 heavy (non-hydrogen) atoms. The van der Waals surface area contributed by atoms with E-state index in [-0.39, 0.29) is 23.7 Å². The normalized spacial score (nSPS) is 11.0. The third-order valence-electron chi connectivity index (χ3n) is 5.25. The lowest BCUT2D eigenvalue weighted by Crippen LogP contribution is -2.25. The maximum atomic E-state index is 13.4. The largest absolute Gasteiger partial charge is 0.454 e. The summed E-state index contributed by atoms with van der Waals surface area (Å²) < 4.78 is 20.6. The molecule has 0 saturated carbocycles. The number of Topliss-reactive ketones (excluding diaryl/α,β-unsaturated/α-hetero) is 1. The van der Waals surface area contributed by atoms with Gasteiger partial charge in [-0.1, -0.05) is 29.8 Å². The van der Waals surface area contributed by atoms with Crippen molar-refractivity contribution in [1.29, 1.82) is 0 Å². The molecule has 0 amide bonds. The number of ketones is 1. The van der Waals surface area contributed by atoms with E-state index < -0.39 is 17.0 Å². The summed E-state index contributed by atoms with van der Waals surface area (Å²) in [7, 11) is 0. The predicted octanol–water partition coefficient (Wildman–Crippen LogP) is 5.48. The van der Waals surface area contributed by atoms with Crippen LogP contribution in [0, 0.1) is 5.82 Å². The summed E-state index contributed by atoms with van der Waals surface area (Å²) in [6.07, 6.45) is 2.90. The Morgan fingerprint density at radius 1 is 1.14 bits per heavy atom. The summed E-state index contributed by atoms with van der Waals surface area (Å²) in [6, 6.07) is 13.7. The molecule has 0 fully saturated rings. The molecule has 2 heterocycles. The first kappa shape index (κ1) is 24.1. The summed E-state index contributed by atoms with van der Waals surface area (Å²) in [5.41, 5.74) is 6.67. The summed E-state index contributed by atoms with van der Waals surface area (Å²) in [5.74, 6) is -0.103. The number of carbonyl (C=O) groups excluding carboxylic acids is 1. The Labute approximate surface area is 206 Å². The second-order valence-electron chi connectivity index (χ2n) is 8.15. The number of aromatic nitrogens is 3. The maximum absolute atomic E-state index is 13.4. The Balaban J connectivity index is 1.59. The SMILES string of the molecule is CC(C)n1cc(-c2ccc(F)cc2)c(=O)c(C(=O)Cc2ccc(Oc3cccc(N)c3Cl)cn2)n1. The second-order valence-corrected chi connectivity index (χ2v) is 8.53. The van der Waals surface area contributed by atoms with Gasteiger partial charge in [-0.3, -0.25) is 19.3 Å². The molecular weight excluding hydrogens is 471 g/mol. The van der Waals surface area contributed by atoms with E-state index in [0.29, 0.717) is 33.5 Å². The number of nitrogens with two attached hydrogens (primary N) is 1. The topological polar surface area (TPSA) is 100 Å². The van der Waals surface area contributed by atoms with Crippen molar-refractivity contribution in [2.24, 2.45) is 0 Å². The van der Waals surface area contributed by atoms with E-state index in [1.807, 2.05) is 13.8 Å². The van der Waals surface area contributed by atoms with Gasteiger partial charge >= 0.3 is 0 Å². The number of ether oxygens (including phenoxy) is 1. The monoisotopic (exact) mass is 492 g/mol. The zero-order chi connectivity index (χ0) is 25.1. The minimum Gasteiger partial charge on any atom is -0.454 e. The van der Waals surface area contributed by atoms with Gasteiger partial charge in [0, 0.05) is 23.5 Å². The Morgan fingerprint density at radius 2 is 1.89 bits per heavy atom. The fourth-order valence-electron chi connectivity index (χ4n) is 3.35. The number of benzene rings is 2. The lowest BCUT2D eigenvalue weighted by Gasteiger charge is -2.13. The number of nitrogen functional groups attached to an aromatic ring is 1. The van der Waals surface area contributed by atoms with Gasteiger partial charge in [-0.05, 0) is 55.8 Å². The van der Waals surface area contributed by atoms with Gasteiger partial charge < -0.3 is 10.5 Å². The maximum Gasteiger partial charge on any atom is 0.219 e. The lowest BCUT2D eigenvalue weighted by atomic mass is 10.0. The van der Waals surface area contributed by atoms with Crippen LogP contribution in [0.1, 0.15) is 36.1 Å². The van der Waals surface area contributed by atoms with Gasteiger partial charge in [0.05, 0.1) is 18.3 Å². The Morgan fingerprint density at radius 3 is 2.54 bits per heavy atom. The lowest BCUT2D eigenvalue weighted by molar-refractivity contribution is 0.0983. The molecule has 2 aromatic heterocycles. The fourth-order valence-corrected chi connectivity index (χ4v) is 3.51. The van der Waals surface area contributed by atoms with Gasteiger partial charge in [-0.2, -0.15) is 5.10 Å². The van der Waals surface area contributed by atoms with Gasteiger partial charge in [-0.25, -0.2) is 4.39 Å². The molecule has 7 nitrogen and oxygen atoms in total. The first-order valence-corrected chi connectivity index (χ1v) is 11.2. The molecule has 9 heteroatoms. The number of hydrogen-bond acceptors (Lipinski definition) is 6. The highest BCUT2D eigenvalue weighted by atomic mass is 35.5. The quantitative estimate of drug-likeness (QED) is 0.271. The molecule has 178 valence electrons. The van der Waals surface area contributed by atoms with Crippen LogP contribution in [0.15, 0.2) is 71.8 Å². The standard InChI is InChI=1S/C26H22ClFN4O3/c1-15(2)32-14-20(16-6-8-17(28)9-7-16)26(34)25(31-32)22(33)12-18-10-11-19(13-30-18)35-23-5-3-4-21(29)24(23)27/h3-11,13-15H,12,29H2,1-2H3. The van der Waals surface area contributed by atoms with E-state index in [9.17, 15) is 14.0 Å². The molecule has 2 N–H and O–H groups in total. The van der Waals surface area contributed by atoms with Crippen molar-refractivity contribution in [3.05, 3.63) is 99.4 Å². The molecule has 4 rings (SSSR count). The summed E-state index contributed by atoms with van der Waals surface area (Å²) in [4.78, 5) is 30.5. The number of anilines is 1. The smallest absolute Gasteiger partial charge is 0.219 e. The van der Waals surface area contributed by atoms with Crippen LogP contribution in [0.4, 0.5) is 10.1 Å². The Bertz CT molecular complexity index is 1430. The van der Waals surface area contributed by atoms with Gasteiger partial charge in [0.2, 0.25) is 5.43 Å². The molecule has 0 radical (unpaired) electrons. The van der Waals surface area contributed by atoms with Crippen molar-refractivity contribution < 1.29 is 13.9 Å². The molecule has 0 aliphatic heterocycles. The number of nitrogens with zero attached hydrogens (tertiary/aromatic N) is 3. The second kappa shape index (κ2) is 10.1. The van der Waals surface area contributed by atoms with E-state index >= 15 is 0 Å². The van der Waals surface area contributed by atoms with E-state index in [0.717, 1.165) is 0 Å². The van der Waals surface area contributed by atoms with Crippen molar-refractivity contribution >= 4 is 23.1 Å². The average molecular weight is 493 g/mol. The highest BCUT2D eigenvalue weighted by Crippen LogP contribution is 2.33. The van der Waals surface area contributed by atoms with E-state index in [1.165, 1.54) is 30.5 Å². The fraction of sp³-hybridized carbons (Fsp3) is 0.154. The molecule has 0 aliphatic rings. The van der Waals surface area contributed by atoms with Crippen molar-refractivity contribution in [3.63, 3.8) is 0 Å². The van der Waals surface area contributed by atoms with Crippen LogP contribution >= 0.6 is 11.6 Å². The molecule has 2 aromatic carbocycles. The van der Waals surface area contributed by atoms with Gasteiger partial charge in [0.1, 0.15) is 22.3 Å². The highest BCUT2D eigenvalue weighted by molar-refractivity contribution is 6.34. The zero-order valence-electron chi connectivity index (χ0n) is 19.0. The Kier molecular flexibility index (Phi) is 6.93. The number of rotatable bonds is 7. The van der Waals surface area contributed by atoms with E-state index in [2.05, 4.69) is 10.1 Å². The summed E-state index contributed by atoms with van der Waals surface area (Å²) >= 11 is 6.15. The van der Waals surface area contributed by atoms with Gasteiger partial charge in [0.25, 0.3) is 0 Å². The van der Waals surface area contributed by atoms with E-state index in [4.69, 9.17) is 22.1 Å². The molecule has 0 aliphatic carbocycles. The molecule has 0 atom stereocenters. The highest BCUT2D eigenvalue weighted by Gasteiger charge is 2.20. The van der Waals surface area contributed by atoms with Crippen LogP contribution in [0.3, 0.4) is 0 Å². The molecule has 0 unspecified atom stereocenters. The average Bonchev–Trinajstić information content (AvgIpc) is 2.84. The number of halogens is 2. The van der Waals surface area contributed by atoms with Crippen LogP contribution in [-0.2, 0) is 6.42 Å². The summed E-state index contributed by atoms with van der Waals surface area (Å²) in [5, 5.41) is 4.56. The van der Waals surface area contributed by atoms with Crippen LogP contribution in [0.25, 0.3) is 11.1 Å². The number of pyridine rings is 1. The van der Waals surface area contributed by atoms with Crippen molar-refractivity contribution in [3.8, 4) is 22.6 Å². The number of carbonyl (C=O) groups is 1. The van der Waals surface area contributed by atoms with Gasteiger partial charge in [-0.15, -0.1) is 0 Å². The van der Waals surface area contributed by atoms with Crippen LogP contribution in [0.2, 0.25) is 5.02 Å². The minimum absolute atomic E-state index is 0.102. The van der Waals surface area contributed by atoms with Gasteiger partial charge in [0.15, 0.2) is 11.5 Å². The van der Waals surface area contributed by atoms with Crippen molar-refractivity contribution in [2.45, 2.75) is 26.3 Å². The van der Waals surface area contributed by atoms with E-state index in [1.54, 1.807) is 41.2 Å². The third-order valence-corrected chi connectivity index (χ3v) is 5.65. The number of hydrogen-bond donors (Lipinski definition) is 1. The van der Waals surface area contributed by atoms with Crippen LogP contribution in [-0.4, -0.2) is 20.5 Å². The van der Waals surface area contributed by atoms with Crippen LogP contribution < -0.4 is 15.9 Å². The minimum atomic E-state index is -0.519. The molecule has 0 bridgehead atoms. The molecule has 4 aromatic rings. The molecule has 0 saturated heterocycles. The first-order valence-electron chi connectivity index (χ1n) is 10.8. The Hall–Kier alpha value is -4.04. The third kappa shape index (κ3) is 5.38. The predicted molar refractivity (Wildman–Crippen MR) is 132 cm³/mol. The molecular formula is C26H22ClFN4O3. The van der Waals surface area contributed by atoms with Crippen molar-refractivity contribution in [2.75, 3.05) is 5.73 Å².